The van der Waals surface area contributed by atoms with E-state index in [2.05, 4.69) is 19.2 Å². The lowest BCUT2D eigenvalue weighted by Gasteiger charge is -2.42. The van der Waals surface area contributed by atoms with E-state index >= 15 is 0 Å². The van der Waals surface area contributed by atoms with Crippen molar-refractivity contribution >= 4 is 0 Å². The SMILES string of the molecule is CC1(C)CC(NC2CCCC2)CC1CC1O[C@H](CO)[C@H](O)[C@H](O)[C@H]1O. The van der Waals surface area contributed by atoms with Gasteiger partial charge in [-0.05, 0) is 43.4 Å². The molecule has 0 aromatic carbocycles. The van der Waals surface area contributed by atoms with Crippen molar-refractivity contribution < 1.29 is 25.2 Å². The van der Waals surface area contributed by atoms with E-state index in [9.17, 15) is 20.4 Å². The summed E-state index contributed by atoms with van der Waals surface area (Å²) in [6, 6.07) is 1.14. The summed E-state index contributed by atoms with van der Waals surface area (Å²) in [6.07, 6.45) is 2.95. The first kappa shape index (κ1) is 19.5. The maximum Gasteiger partial charge on any atom is 0.111 e. The molecule has 0 aromatic rings. The van der Waals surface area contributed by atoms with E-state index in [1.165, 1.54) is 25.7 Å². The minimum atomic E-state index is -1.27. The maximum absolute atomic E-state index is 10.3. The van der Waals surface area contributed by atoms with Gasteiger partial charge in [0.1, 0.15) is 24.4 Å². The van der Waals surface area contributed by atoms with Crippen LogP contribution in [0, 0.1) is 11.3 Å². The van der Waals surface area contributed by atoms with Gasteiger partial charge in [0, 0.05) is 12.1 Å². The number of hydrogen-bond acceptors (Lipinski definition) is 6. The molecule has 1 aliphatic heterocycles. The molecular formula is C19H35NO5. The number of nitrogens with one attached hydrogen (secondary N) is 1. The second kappa shape index (κ2) is 7.79. The molecule has 2 saturated carbocycles. The van der Waals surface area contributed by atoms with E-state index in [4.69, 9.17) is 4.74 Å². The molecule has 25 heavy (non-hydrogen) atoms. The van der Waals surface area contributed by atoms with Gasteiger partial charge in [-0.3, -0.25) is 0 Å². The fraction of sp³-hybridized carbons (Fsp3) is 1.00. The van der Waals surface area contributed by atoms with Crippen LogP contribution in [-0.2, 0) is 4.74 Å². The lowest BCUT2D eigenvalue weighted by molar-refractivity contribution is -0.233. The summed E-state index contributed by atoms with van der Waals surface area (Å²) in [5, 5.41) is 43.4. The Balaban J connectivity index is 1.60. The van der Waals surface area contributed by atoms with Crippen LogP contribution in [0.15, 0.2) is 0 Å². The highest BCUT2D eigenvalue weighted by molar-refractivity contribution is 4.99. The van der Waals surface area contributed by atoms with Gasteiger partial charge in [0.15, 0.2) is 0 Å². The van der Waals surface area contributed by atoms with Crippen molar-refractivity contribution in [2.45, 2.75) is 101 Å². The van der Waals surface area contributed by atoms with Crippen LogP contribution in [0.4, 0.5) is 0 Å². The second-order valence-corrected chi connectivity index (χ2v) is 9.07. The van der Waals surface area contributed by atoms with Gasteiger partial charge in [-0.15, -0.1) is 0 Å². The van der Waals surface area contributed by atoms with Crippen LogP contribution in [0.2, 0.25) is 0 Å². The molecule has 3 aliphatic rings. The predicted octanol–water partition coefficient (Wildman–Crippen LogP) is 0.556. The van der Waals surface area contributed by atoms with Crippen molar-refractivity contribution in [3.63, 3.8) is 0 Å². The summed E-state index contributed by atoms with van der Waals surface area (Å²) in [7, 11) is 0. The largest absolute Gasteiger partial charge is 0.394 e. The third kappa shape index (κ3) is 4.20. The van der Waals surface area contributed by atoms with Crippen molar-refractivity contribution in [1.29, 1.82) is 0 Å². The molecule has 7 atom stereocenters. The number of hydrogen-bond donors (Lipinski definition) is 5. The molecular weight excluding hydrogens is 322 g/mol. The lowest BCUT2D eigenvalue weighted by Crippen LogP contribution is -2.58. The smallest absolute Gasteiger partial charge is 0.111 e. The number of rotatable bonds is 5. The molecule has 6 nitrogen and oxygen atoms in total. The van der Waals surface area contributed by atoms with Gasteiger partial charge in [-0.2, -0.15) is 0 Å². The average Bonchev–Trinajstić information content (AvgIpc) is 3.16. The van der Waals surface area contributed by atoms with Crippen LogP contribution in [0.25, 0.3) is 0 Å². The zero-order valence-corrected chi connectivity index (χ0v) is 15.5. The van der Waals surface area contributed by atoms with Gasteiger partial charge >= 0.3 is 0 Å². The van der Waals surface area contributed by atoms with Gasteiger partial charge in [-0.25, -0.2) is 0 Å². The highest BCUT2D eigenvalue weighted by Crippen LogP contribution is 2.46. The molecule has 0 bridgehead atoms. The number of aliphatic hydroxyl groups is 4. The Morgan fingerprint density at radius 2 is 1.60 bits per heavy atom. The van der Waals surface area contributed by atoms with Crippen LogP contribution in [0.3, 0.4) is 0 Å². The third-order valence-corrected chi connectivity index (χ3v) is 6.78. The van der Waals surface area contributed by atoms with Crippen molar-refractivity contribution in [2.75, 3.05) is 6.61 Å². The number of aliphatic hydroxyl groups excluding tert-OH is 4. The zero-order valence-electron chi connectivity index (χ0n) is 15.5. The van der Waals surface area contributed by atoms with Gasteiger partial charge in [0.2, 0.25) is 0 Å². The molecule has 0 spiro atoms. The summed E-state index contributed by atoms with van der Waals surface area (Å²) in [6.45, 7) is 4.16. The Hall–Kier alpha value is -0.240. The molecule has 2 aliphatic carbocycles. The lowest BCUT2D eigenvalue weighted by atomic mass is 9.77. The molecule has 0 radical (unpaired) electrons. The zero-order chi connectivity index (χ0) is 18.2. The van der Waals surface area contributed by atoms with Crippen LogP contribution in [0.5, 0.6) is 0 Å². The highest BCUT2D eigenvalue weighted by atomic mass is 16.5. The van der Waals surface area contributed by atoms with E-state index < -0.39 is 30.5 Å². The molecule has 3 rings (SSSR count). The third-order valence-electron chi connectivity index (χ3n) is 6.78. The van der Waals surface area contributed by atoms with Gasteiger partial charge in [0.05, 0.1) is 12.7 Å². The quantitative estimate of drug-likeness (QED) is 0.493. The van der Waals surface area contributed by atoms with E-state index in [1.54, 1.807) is 0 Å². The van der Waals surface area contributed by atoms with Gasteiger partial charge in [0.25, 0.3) is 0 Å². The predicted molar refractivity (Wildman–Crippen MR) is 94.1 cm³/mol. The van der Waals surface area contributed by atoms with E-state index in [0.717, 1.165) is 12.8 Å². The van der Waals surface area contributed by atoms with Crippen molar-refractivity contribution in [1.82, 2.24) is 5.32 Å². The Morgan fingerprint density at radius 1 is 0.960 bits per heavy atom. The monoisotopic (exact) mass is 357 g/mol. The Kier molecular flexibility index (Phi) is 6.08. The van der Waals surface area contributed by atoms with Crippen molar-refractivity contribution in [2.24, 2.45) is 11.3 Å². The first-order valence-electron chi connectivity index (χ1n) is 9.88. The molecule has 146 valence electrons. The van der Waals surface area contributed by atoms with Crippen LogP contribution in [0.1, 0.15) is 58.8 Å². The summed E-state index contributed by atoms with van der Waals surface area (Å²) < 4.78 is 5.72. The second-order valence-electron chi connectivity index (χ2n) is 9.07. The molecule has 1 heterocycles. The maximum atomic E-state index is 10.3. The summed E-state index contributed by atoms with van der Waals surface area (Å²) in [5.41, 5.74) is 0.134. The first-order chi connectivity index (χ1) is 11.8. The fourth-order valence-electron chi connectivity index (χ4n) is 5.17. The van der Waals surface area contributed by atoms with Crippen LogP contribution < -0.4 is 5.32 Å². The topological polar surface area (TPSA) is 102 Å². The normalized spacial score (nSPS) is 45.1. The summed E-state index contributed by atoms with van der Waals surface area (Å²) in [5.74, 6) is 0.368. The molecule has 0 aromatic heterocycles. The van der Waals surface area contributed by atoms with E-state index in [1.807, 2.05) is 0 Å². The molecule has 3 fully saturated rings. The highest BCUT2D eigenvalue weighted by Gasteiger charge is 2.47. The molecule has 6 heteroatoms. The number of ether oxygens (including phenoxy) is 1. The first-order valence-corrected chi connectivity index (χ1v) is 9.88. The van der Waals surface area contributed by atoms with E-state index in [-0.39, 0.29) is 12.0 Å². The van der Waals surface area contributed by atoms with E-state index in [0.29, 0.717) is 24.4 Å². The van der Waals surface area contributed by atoms with Gasteiger partial charge < -0.3 is 30.5 Å². The van der Waals surface area contributed by atoms with Gasteiger partial charge in [-0.1, -0.05) is 26.7 Å². The van der Waals surface area contributed by atoms with Crippen molar-refractivity contribution in [3.05, 3.63) is 0 Å². The minimum absolute atomic E-state index is 0.134. The molecule has 5 N–H and O–H groups in total. The molecule has 0 amide bonds. The van der Waals surface area contributed by atoms with Crippen LogP contribution >= 0.6 is 0 Å². The van der Waals surface area contributed by atoms with Crippen molar-refractivity contribution in [3.8, 4) is 0 Å². The Morgan fingerprint density at radius 3 is 2.24 bits per heavy atom. The minimum Gasteiger partial charge on any atom is -0.394 e. The van der Waals surface area contributed by atoms with Crippen LogP contribution in [-0.4, -0.2) is 69.6 Å². The fourth-order valence-corrected chi connectivity index (χ4v) is 5.17. The Labute approximate surface area is 150 Å². The molecule has 3 unspecified atom stereocenters. The average molecular weight is 357 g/mol. The standard InChI is InChI=1S/C19H35NO5/c1-19(2)9-13(20-12-5-3-4-6-12)7-11(19)8-14-16(22)18(24)17(23)15(10-21)25-14/h11-18,20-24H,3-10H2,1-2H3/t11?,13?,14?,15-,16+,17+,18-/m1/s1. The summed E-state index contributed by atoms with van der Waals surface area (Å²) >= 11 is 0. The summed E-state index contributed by atoms with van der Waals surface area (Å²) in [4.78, 5) is 0. The molecule has 1 saturated heterocycles. The Bertz CT molecular complexity index is 438.